The van der Waals surface area contributed by atoms with Gasteiger partial charge in [-0.3, -0.25) is 4.79 Å². The molecule has 0 saturated carbocycles. The zero-order valence-electron chi connectivity index (χ0n) is 14.7. The Morgan fingerprint density at radius 3 is 2.43 bits per heavy atom. The van der Waals surface area contributed by atoms with Crippen LogP contribution in [0.4, 0.5) is 11.4 Å². The first kappa shape index (κ1) is 18.6. The number of ether oxygens (including phenoxy) is 1. The van der Waals surface area contributed by atoms with Gasteiger partial charge in [-0.15, -0.1) is 0 Å². The van der Waals surface area contributed by atoms with Crippen LogP contribution in [0.25, 0.3) is 0 Å². The minimum atomic E-state index is -0.441. The highest BCUT2D eigenvalue weighted by atomic mass is 35.5. The van der Waals surface area contributed by atoms with Crippen molar-refractivity contribution < 1.29 is 14.3 Å². The molecule has 0 bridgehead atoms. The van der Waals surface area contributed by atoms with E-state index in [0.717, 1.165) is 5.69 Å². The number of piperazine rings is 1. The van der Waals surface area contributed by atoms with Crippen LogP contribution >= 0.6 is 23.2 Å². The quantitative estimate of drug-likeness (QED) is 0.564. The van der Waals surface area contributed by atoms with Crippen molar-refractivity contribution in [3.8, 4) is 0 Å². The number of benzene rings is 2. The van der Waals surface area contributed by atoms with E-state index in [1.54, 1.807) is 10.8 Å². The van der Waals surface area contributed by atoms with Gasteiger partial charge in [0.15, 0.2) is 5.94 Å². The molecule has 2 heterocycles. The first-order valence-electron chi connectivity index (χ1n) is 8.68. The Kier molecular flexibility index (Phi) is 5.09. The molecule has 0 N–H and O–H groups in total. The van der Waals surface area contributed by atoms with E-state index in [2.05, 4.69) is 9.89 Å². The van der Waals surface area contributed by atoms with Gasteiger partial charge in [0, 0.05) is 31.9 Å². The Morgan fingerprint density at radius 1 is 1.04 bits per heavy atom. The maximum Gasteiger partial charge on any atom is 0.285 e. The molecule has 6 nitrogen and oxygen atoms in total. The number of anilines is 1. The maximum absolute atomic E-state index is 12.5. The second-order valence-corrected chi connectivity index (χ2v) is 7.11. The van der Waals surface area contributed by atoms with Crippen LogP contribution < -0.4 is 4.90 Å². The Hall–Kier alpha value is -2.79. The van der Waals surface area contributed by atoms with Crippen molar-refractivity contribution in [2.45, 2.75) is 0 Å². The minimum Gasteiger partial charge on any atom is -0.409 e. The highest BCUT2D eigenvalue weighted by Crippen LogP contribution is 2.39. The van der Waals surface area contributed by atoms with Crippen LogP contribution in [0, 0.1) is 0 Å². The van der Waals surface area contributed by atoms with Crippen molar-refractivity contribution in [1.29, 1.82) is 0 Å². The zero-order chi connectivity index (χ0) is 19.7. The van der Waals surface area contributed by atoms with Gasteiger partial charge in [0.2, 0.25) is 5.78 Å². The SMILES string of the molecule is O=C=C(OC1=Nc2c(ccc(Cl)c2Cl)C1=O)N1CCN(c2ccccc2)CC1. The molecule has 2 aromatic carbocycles. The molecule has 2 aliphatic rings. The molecule has 8 heteroatoms. The highest BCUT2D eigenvalue weighted by Gasteiger charge is 2.32. The Balaban J connectivity index is 1.46. The predicted molar refractivity (Wildman–Crippen MR) is 108 cm³/mol. The lowest BCUT2D eigenvalue weighted by Gasteiger charge is -2.36. The van der Waals surface area contributed by atoms with Crippen LogP contribution in [0.1, 0.15) is 10.4 Å². The van der Waals surface area contributed by atoms with Crippen molar-refractivity contribution in [1.82, 2.24) is 4.90 Å². The van der Waals surface area contributed by atoms with E-state index < -0.39 is 5.78 Å². The second-order valence-electron chi connectivity index (χ2n) is 6.32. The Labute approximate surface area is 171 Å². The summed E-state index contributed by atoms with van der Waals surface area (Å²) < 4.78 is 5.53. The summed E-state index contributed by atoms with van der Waals surface area (Å²) in [5.74, 6) is 1.08. The molecule has 0 unspecified atom stereocenters. The molecule has 1 saturated heterocycles. The number of carbonyl (C=O) groups is 1. The number of fused-ring (bicyclic) bond motifs is 1. The van der Waals surface area contributed by atoms with Crippen LogP contribution in [0.3, 0.4) is 0 Å². The standard InChI is InChI=1S/C20H15Cl2N3O3/c21-15-7-6-14-18(17(15)22)23-20(19(14)27)28-16(12-26)25-10-8-24(9-11-25)13-4-2-1-3-5-13/h1-7H,8-11H2. The topological polar surface area (TPSA) is 62.2 Å². The summed E-state index contributed by atoms with van der Waals surface area (Å²) in [7, 11) is 0. The van der Waals surface area contributed by atoms with Crippen molar-refractivity contribution in [3.63, 3.8) is 0 Å². The third-order valence-corrected chi connectivity index (χ3v) is 5.48. The van der Waals surface area contributed by atoms with E-state index in [0.29, 0.717) is 36.8 Å². The van der Waals surface area contributed by atoms with Crippen molar-refractivity contribution in [2.24, 2.45) is 4.99 Å². The number of ketones is 1. The average Bonchev–Trinajstić information content (AvgIpc) is 3.06. The van der Waals surface area contributed by atoms with E-state index in [9.17, 15) is 9.59 Å². The van der Waals surface area contributed by atoms with Gasteiger partial charge in [-0.2, -0.15) is 0 Å². The molecule has 2 aromatic rings. The fourth-order valence-electron chi connectivity index (χ4n) is 3.22. The van der Waals surface area contributed by atoms with E-state index in [1.165, 1.54) is 12.1 Å². The first-order chi connectivity index (χ1) is 13.6. The summed E-state index contributed by atoms with van der Waals surface area (Å²) in [4.78, 5) is 32.1. The smallest absolute Gasteiger partial charge is 0.285 e. The number of carbonyl (C=O) groups excluding carboxylic acids is 2. The van der Waals surface area contributed by atoms with Gasteiger partial charge in [-0.25, -0.2) is 9.79 Å². The molecule has 0 radical (unpaired) electrons. The van der Waals surface area contributed by atoms with Gasteiger partial charge in [-0.1, -0.05) is 41.4 Å². The summed E-state index contributed by atoms with van der Waals surface area (Å²) in [6.45, 7) is 2.53. The first-order valence-corrected chi connectivity index (χ1v) is 9.43. The molecular formula is C20H15Cl2N3O3. The number of Topliss-reactive ketones (excluding diaryl/α,β-unsaturated/α-hetero) is 1. The van der Waals surface area contributed by atoms with Crippen LogP contribution in [0.5, 0.6) is 0 Å². The number of hydrogen-bond donors (Lipinski definition) is 0. The van der Waals surface area contributed by atoms with Gasteiger partial charge in [-0.05, 0) is 24.3 Å². The van der Waals surface area contributed by atoms with Crippen molar-refractivity contribution in [3.05, 3.63) is 64.0 Å². The van der Waals surface area contributed by atoms with Gasteiger partial charge >= 0.3 is 0 Å². The number of hydrogen-bond acceptors (Lipinski definition) is 6. The maximum atomic E-state index is 12.5. The zero-order valence-corrected chi connectivity index (χ0v) is 16.2. The molecule has 0 aromatic heterocycles. The minimum absolute atomic E-state index is 0.0603. The molecule has 142 valence electrons. The summed E-state index contributed by atoms with van der Waals surface area (Å²) in [6.07, 6.45) is 0. The van der Waals surface area contributed by atoms with Gasteiger partial charge < -0.3 is 14.5 Å². The summed E-state index contributed by atoms with van der Waals surface area (Å²) in [5.41, 5.74) is 1.67. The van der Waals surface area contributed by atoms with Crippen LogP contribution in [0.15, 0.2) is 53.3 Å². The van der Waals surface area contributed by atoms with Crippen molar-refractivity contribution >= 4 is 52.2 Å². The molecule has 1 fully saturated rings. The lowest BCUT2D eigenvalue weighted by molar-refractivity contribution is 0.103. The normalized spacial score (nSPS) is 15.8. The lowest BCUT2D eigenvalue weighted by atomic mass is 10.1. The summed E-state index contributed by atoms with van der Waals surface area (Å²) in [5, 5.41) is 0.473. The lowest BCUT2D eigenvalue weighted by Crippen LogP contribution is -2.46. The molecule has 0 aliphatic carbocycles. The summed E-state index contributed by atoms with van der Waals surface area (Å²) in [6, 6.07) is 13.1. The molecule has 0 spiro atoms. The van der Waals surface area contributed by atoms with Crippen LogP contribution in [-0.4, -0.2) is 48.7 Å². The monoisotopic (exact) mass is 415 g/mol. The number of nitrogens with zero attached hydrogens (tertiary/aromatic N) is 3. The number of para-hydroxylation sites is 1. The Bertz CT molecular complexity index is 1010. The molecule has 28 heavy (non-hydrogen) atoms. The molecule has 4 rings (SSSR count). The highest BCUT2D eigenvalue weighted by molar-refractivity contribution is 6.51. The largest absolute Gasteiger partial charge is 0.409 e. The summed E-state index contributed by atoms with van der Waals surface area (Å²) >= 11 is 12.1. The number of halogens is 2. The molecule has 0 atom stereocenters. The van der Waals surface area contributed by atoms with E-state index in [1.807, 2.05) is 30.3 Å². The van der Waals surface area contributed by atoms with Gasteiger partial charge in [0.25, 0.3) is 11.8 Å². The molecule has 0 amide bonds. The molecule has 2 aliphatic heterocycles. The number of rotatable bonds is 3. The predicted octanol–water partition coefficient (Wildman–Crippen LogP) is 3.73. The molecular weight excluding hydrogens is 401 g/mol. The van der Waals surface area contributed by atoms with Gasteiger partial charge in [0.05, 0.1) is 21.3 Å². The van der Waals surface area contributed by atoms with Crippen LogP contribution in [0.2, 0.25) is 10.0 Å². The van der Waals surface area contributed by atoms with E-state index in [-0.39, 0.29) is 22.5 Å². The second kappa shape index (κ2) is 7.68. The van der Waals surface area contributed by atoms with Crippen LogP contribution in [-0.2, 0) is 9.53 Å². The van der Waals surface area contributed by atoms with E-state index >= 15 is 0 Å². The van der Waals surface area contributed by atoms with Gasteiger partial charge in [0.1, 0.15) is 0 Å². The van der Waals surface area contributed by atoms with Crippen molar-refractivity contribution in [2.75, 3.05) is 31.1 Å². The Morgan fingerprint density at radius 2 is 1.75 bits per heavy atom. The number of aliphatic imine (C=N–C) groups is 1. The third kappa shape index (κ3) is 3.38. The van der Waals surface area contributed by atoms with E-state index in [4.69, 9.17) is 27.9 Å². The fourth-order valence-corrected chi connectivity index (χ4v) is 3.58. The fraction of sp³-hybridized carbons (Fsp3) is 0.200. The third-order valence-electron chi connectivity index (χ3n) is 4.69. The average molecular weight is 416 g/mol.